The Labute approximate surface area is 196 Å². The van der Waals surface area contributed by atoms with E-state index in [4.69, 9.17) is 18.7 Å². The molecule has 1 N–H and O–H groups in total. The van der Waals surface area contributed by atoms with Gasteiger partial charge >= 0.3 is 0 Å². The monoisotopic (exact) mass is 513 g/mol. The molecule has 3 aromatic heterocycles. The molecule has 4 rings (SSSR count). The molecule has 35 heavy (non-hydrogen) atoms. The van der Waals surface area contributed by atoms with Crippen molar-refractivity contribution in [1.82, 2.24) is 19.9 Å². The number of sulfonamides is 1. The third-order valence-electron chi connectivity index (χ3n) is 4.78. The molecule has 4 aromatic rings. The van der Waals surface area contributed by atoms with Gasteiger partial charge in [-0.2, -0.15) is 5.10 Å². The summed E-state index contributed by atoms with van der Waals surface area (Å²) in [5.41, 5.74) is -0.0286. The minimum Gasteiger partial charge on any atom is -0.495 e. The smallest absolute Gasteiger partial charge is 0.280 e. The van der Waals surface area contributed by atoms with Gasteiger partial charge in [-0.3, -0.25) is 9.40 Å². The predicted octanol–water partition coefficient (Wildman–Crippen LogP) is 3.53. The molecule has 0 bridgehead atoms. The first-order valence-corrected chi connectivity index (χ1v) is 11.3. The highest BCUT2D eigenvalue weighted by Gasteiger charge is 2.31. The molecular weight excluding hydrogens is 495 g/mol. The van der Waals surface area contributed by atoms with E-state index in [1.54, 1.807) is 29.2 Å². The average Bonchev–Trinajstić information content (AvgIpc) is 3.48. The van der Waals surface area contributed by atoms with E-state index < -0.39 is 45.5 Å². The molecule has 15 heteroatoms. The lowest BCUT2D eigenvalue weighted by atomic mass is 10.1. The third-order valence-corrected chi connectivity index (χ3v) is 6.15. The first-order chi connectivity index (χ1) is 16.8. The first-order valence-electron chi connectivity index (χ1n) is 9.79. The Morgan fingerprint density at radius 1 is 1.17 bits per heavy atom. The minimum atomic E-state index is -4.58. The minimum absolute atomic E-state index is 0.0329. The fourth-order valence-electron chi connectivity index (χ4n) is 3.34. The lowest BCUT2D eigenvalue weighted by molar-refractivity contribution is 0.144. The normalized spacial score (nSPS) is 11.7. The Bertz CT molecular complexity index is 1420. The quantitative estimate of drug-likeness (QED) is 0.338. The Kier molecular flexibility index (Phi) is 6.68. The van der Waals surface area contributed by atoms with Gasteiger partial charge in [0.2, 0.25) is 12.7 Å². The molecule has 1 aromatic carbocycles. The molecular formula is C20H18F3N5O6S. The van der Waals surface area contributed by atoms with E-state index in [1.165, 1.54) is 6.07 Å². The maximum absolute atomic E-state index is 13.2. The molecule has 3 heterocycles. The number of rotatable bonds is 10. The molecule has 0 saturated heterocycles. The molecule has 0 radical (unpaired) electrons. The second-order valence-electron chi connectivity index (χ2n) is 6.95. The number of hydrogen-bond acceptors (Lipinski definition) is 9. The largest absolute Gasteiger partial charge is 0.495 e. The van der Waals surface area contributed by atoms with E-state index in [9.17, 15) is 21.6 Å². The summed E-state index contributed by atoms with van der Waals surface area (Å²) in [5.74, 6) is -1.44. The zero-order chi connectivity index (χ0) is 25.2. The van der Waals surface area contributed by atoms with Crippen molar-refractivity contribution in [3.05, 3.63) is 47.9 Å². The van der Waals surface area contributed by atoms with Crippen molar-refractivity contribution in [2.45, 2.75) is 17.9 Å². The van der Waals surface area contributed by atoms with Gasteiger partial charge in [-0.15, -0.1) is 0 Å². The van der Waals surface area contributed by atoms with Crippen LogP contribution in [-0.4, -0.2) is 49.4 Å². The number of halogens is 3. The van der Waals surface area contributed by atoms with Crippen LogP contribution in [0.15, 0.2) is 46.1 Å². The SMILES string of the molecule is COc1cc(C(F)F)nc(OC)c1S(=O)(=O)Nc1noc2cc(Cn3cccn3)cc(OCF)c12. The van der Waals surface area contributed by atoms with Crippen molar-refractivity contribution < 1.29 is 40.3 Å². The van der Waals surface area contributed by atoms with Crippen LogP contribution >= 0.6 is 0 Å². The Morgan fingerprint density at radius 2 is 1.97 bits per heavy atom. The first kappa shape index (κ1) is 24.1. The van der Waals surface area contributed by atoms with Crippen molar-refractivity contribution in [2.75, 3.05) is 25.8 Å². The summed E-state index contributed by atoms with van der Waals surface area (Å²) in [5, 5.41) is 7.86. The number of aromatic nitrogens is 4. The maximum atomic E-state index is 13.2. The Morgan fingerprint density at radius 3 is 2.60 bits per heavy atom. The van der Waals surface area contributed by atoms with Gasteiger partial charge in [-0.25, -0.2) is 26.6 Å². The highest BCUT2D eigenvalue weighted by Crippen LogP contribution is 2.39. The molecule has 0 saturated carbocycles. The maximum Gasteiger partial charge on any atom is 0.280 e. The molecule has 0 aliphatic heterocycles. The fraction of sp³-hybridized carbons (Fsp3) is 0.250. The van der Waals surface area contributed by atoms with Crippen LogP contribution in [-0.2, 0) is 16.6 Å². The number of anilines is 1. The molecule has 0 aliphatic rings. The van der Waals surface area contributed by atoms with Crippen LogP contribution in [0.1, 0.15) is 17.7 Å². The lowest BCUT2D eigenvalue weighted by Crippen LogP contribution is -2.17. The van der Waals surface area contributed by atoms with E-state index in [0.29, 0.717) is 12.1 Å². The summed E-state index contributed by atoms with van der Waals surface area (Å²) in [6.45, 7) is -0.914. The molecule has 0 fully saturated rings. The highest BCUT2D eigenvalue weighted by molar-refractivity contribution is 7.93. The van der Waals surface area contributed by atoms with Gasteiger partial charge in [0.05, 0.1) is 20.8 Å². The zero-order valence-corrected chi connectivity index (χ0v) is 19.1. The number of hydrogen-bond donors (Lipinski definition) is 1. The van der Waals surface area contributed by atoms with Gasteiger partial charge in [0, 0.05) is 18.5 Å². The second-order valence-corrected chi connectivity index (χ2v) is 8.57. The summed E-state index contributed by atoms with van der Waals surface area (Å²) in [4.78, 5) is 2.91. The van der Waals surface area contributed by atoms with Crippen LogP contribution in [0.5, 0.6) is 17.4 Å². The summed E-state index contributed by atoms with van der Waals surface area (Å²) in [6.07, 6.45) is 0.302. The second kappa shape index (κ2) is 9.69. The van der Waals surface area contributed by atoms with Gasteiger partial charge in [-0.05, 0) is 23.8 Å². The van der Waals surface area contributed by atoms with Crippen LogP contribution < -0.4 is 18.9 Å². The average molecular weight is 513 g/mol. The van der Waals surface area contributed by atoms with E-state index in [-0.39, 0.29) is 22.5 Å². The summed E-state index contributed by atoms with van der Waals surface area (Å²) in [6, 6.07) is 5.55. The summed E-state index contributed by atoms with van der Waals surface area (Å²) < 4.78 is 89.9. The van der Waals surface area contributed by atoms with Crippen LogP contribution in [0.2, 0.25) is 0 Å². The number of alkyl halides is 3. The number of nitrogens with zero attached hydrogens (tertiary/aromatic N) is 4. The number of benzene rings is 1. The molecule has 186 valence electrons. The van der Waals surface area contributed by atoms with Gasteiger partial charge in [0.25, 0.3) is 16.4 Å². The zero-order valence-electron chi connectivity index (χ0n) is 18.2. The van der Waals surface area contributed by atoms with E-state index in [0.717, 1.165) is 20.3 Å². The summed E-state index contributed by atoms with van der Waals surface area (Å²) in [7, 11) is -2.41. The molecule has 11 nitrogen and oxygen atoms in total. The Balaban J connectivity index is 1.78. The van der Waals surface area contributed by atoms with Crippen molar-refractivity contribution in [3.63, 3.8) is 0 Å². The number of nitrogens with one attached hydrogen (secondary N) is 1. The number of ether oxygens (including phenoxy) is 3. The van der Waals surface area contributed by atoms with Gasteiger partial charge in [0.15, 0.2) is 16.3 Å². The third kappa shape index (κ3) is 4.80. The van der Waals surface area contributed by atoms with Crippen molar-refractivity contribution in [2.24, 2.45) is 0 Å². The van der Waals surface area contributed by atoms with Gasteiger partial charge in [-0.1, -0.05) is 5.16 Å². The van der Waals surface area contributed by atoms with Crippen molar-refractivity contribution >= 4 is 26.8 Å². The summed E-state index contributed by atoms with van der Waals surface area (Å²) >= 11 is 0. The standard InChI is InChI=1S/C20H18F3N5O6S/c1-31-15-8-12(18(22)23)25-20(32-2)17(15)35(29,30)27-19-16-13(33-10-21)6-11(7-14(16)34-26-19)9-28-5-3-4-24-28/h3-8,18H,9-10H2,1-2H3,(H,26,27). The van der Waals surface area contributed by atoms with Crippen molar-refractivity contribution in [3.8, 4) is 17.4 Å². The molecule has 0 aliphatic carbocycles. The lowest BCUT2D eigenvalue weighted by Gasteiger charge is -2.15. The predicted molar refractivity (Wildman–Crippen MR) is 115 cm³/mol. The van der Waals surface area contributed by atoms with Crippen LogP contribution in [0.4, 0.5) is 19.0 Å². The fourth-order valence-corrected chi connectivity index (χ4v) is 4.60. The van der Waals surface area contributed by atoms with Gasteiger partial charge < -0.3 is 18.7 Å². The van der Waals surface area contributed by atoms with Crippen LogP contribution in [0.3, 0.4) is 0 Å². The van der Waals surface area contributed by atoms with Gasteiger partial charge in [0.1, 0.15) is 22.6 Å². The molecule has 0 amide bonds. The van der Waals surface area contributed by atoms with Crippen molar-refractivity contribution in [1.29, 1.82) is 0 Å². The number of fused-ring (bicyclic) bond motifs is 1. The van der Waals surface area contributed by atoms with Crippen LogP contribution in [0.25, 0.3) is 11.0 Å². The highest BCUT2D eigenvalue weighted by atomic mass is 32.2. The van der Waals surface area contributed by atoms with E-state index in [1.807, 2.05) is 0 Å². The Hall–Kier alpha value is -4.01. The number of methoxy groups -OCH3 is 2. The molecule has 0 unspecified atom stereocenters. The van der Waals surface area contributed by atoms with Crippen LogP contribution in [0, 0.1) is 0 Å². The van der Waals surface area contributed by atoms with E-state index >= 15 is 0 Å². The molecule has 0 atom stereocenters. The topological polar surface area (TPSA) is 131 Å². The van der Waals surface area contributed by atoms with E-state index in [2.05, 4.69) is 20.0 Å². The molecule has 0 spiro atoms. The number of pyridine rings is 1.